The van der Waals surface area contributed by atoms with Gasteiger partial charge in [0.2, 0.25) is 0 Å². The number of rotatable bonds is 4. The number of methoxy groups -OCH3 is 1. The van der Waals surface area contributed by atoms with Crippen LogP contribution in [-0.4, -0.2) is 12.2 Å². The highest BCUT2D eigenvalue weighted by molar-refractivity contribution is 9.10. The van der Waals surface area contributed by atoms with Gasteiger partial charge in [-0.25, -0.2) is 0 Å². The highest BCUT2D eigenvalue weighted by atomic mass is 79.9. The lowest BCUT2D eigenvalue weighted by molar-refractivity contribution is 0.178. The molecule has 0 fully saturated rings. The first-order chi connectivity index (χ1) is 9.10. The molecule has 1 N–H and O–H groups in total. The van der Waals surface area contributed by atoms with E-state index in [0.29, 0.717) is 11.4 Å². The summed E-state index contributed by atoms with van der Waals surface area (Å²) in [5, 5.41) is 10.9. The van der Waals surface area contributed by atoms with Gasteiger partial charge in [-0.3, -0.25) is 0 Å². The maximum absolute atomic E-state index is 10.2. The molecule has 0 aromatic heterocycles. The van der Waals surface area contributed by atoms with E-state index in [1.807, 2.05) is 42.5 Å². The molecule has 1 atom stereocenters. The zero-order chi connectivity index (χ0) is 13.8. The second-order valence-electron chi connectivity index (χ2n) is 4.24. The van der Waals surface area contributed by atoms with Crippen LogP contribution in [0.3, 0.4) is 0 Å². The molecule has 0 bridgehead atoms. The molecule has 0 aliphatic carbocycles. The number of aliphatic hydroxyl groups excluding tert-OH is 1. The average molecular weight is 342 g/mol. The smallest absolute Gasteiger partial charge is 0.133 e. The van der Waals surface area contributed by atoms with E-state index in [-0.39, 0.29) is 0 Å². The van der Waals surface area contributed by atoms with Crippen molar-refractivity contribution in [3.63, 3.8) is 0 Å². The van der Waals surface area contributed by atoms with Crippen LogP contribution in [0.5, 0.6) is 5.75 Å². The molecule has 2 nitrogen and oxygen atoms in total. The van der Waals surface area contributed by atoms with Gasteiger partial charge in [-0.15, -0.1) is 0 Å². The van der Waals surface area contributed by atoms with E-state index in [2.05, 4.69) is 15.9 Å². The Morgan fingerprint density at radius 3 is 2.68 bits per heavy atom. The first-order valence-corrected chi connectivity index (χ1v) is 7.03. The van der Waals surface area contributed by atoms with Crippen LogP contribution in [0.15, 0.2) is 46.9 Å². The summed E-state index contributed by atoms with van der Waals surface area (Å²) in [5.74, 6) is 0.749. The minimum atomic E-state index is -0.569. The minimum Gasteiger partial charge on any atom is -0.496 e. The van der Waals surface area contributed by atoms with E-state index < -0.39 is 6.10 Å². The number of hydrogen-bond acceptors (Lipinski definition) is 2. The van der Waals surface area contributed by atoms with Gasteiger partial charge in [0, 0.05) is 11.4 Å². The molecule has 0 radical (unpaired) electrons. The Kier molecular flexibility index (Phi) is 4.86. The molecule has 0 saturated carbocycles. The highest BCUT2D eigenvalue weighted by Gasteiger charge is 2.11. The van der Waals surface area contributed by atoms with Gasteiger partial charge in [0.15, 0.2) is 0 Å². The predicted molar refractivity (Wildman–Crippen MR) is 80.8 cm³/mol. The van der Waals surface area contributed by atoms with Crippen molar-refractivity contribution in [1.29, 1.82) is 0 Å². The van der Waals surface area contributed by atoms with E-state index in [4.69, 9.17) is 16.3 Å². The summed E-state index contributed by atoms with van der Waals surface area (Å²) < 4.78 is 6.00. The fourth-order valence-corrected chi connectivity index (χ4v) is 2.67. The topological polar surface area (TPSA) is 29.5 Å². The molecule has 19 heavy (non-hydrogen) atoms. The van der Waals surface area contributed by atoms with Crippen molar-refractivity contribution in [2.45, 2.75) is 12.5 Å². The lowest BCUT2D eigenvalue weighted by Gasteiger charge is -2.13. The fraction of sp³-hybridized carbons (Fsp3) is 0.200. The Hall–Kier alpha value is -1.03. The maximum Gasteiger partial charge on any atom is 0.133 e. The van der Waals surface area contributed by atoms with Crippen molar-refractivity contribution < 1.29 is 9.84 Å². The lowest BCUT2D eigenvalue weighted by Crippen LogP contribution is -2.02. The zero-order valence-corrected chi connectivity index (χ0v) is 12.8. The first-order valence-electron chi connectivity index (χ1n) is 5.86. The van der Waals surface area contributed by atoms with E-state index in [9.17, 15) is 5.11 Å². The summed E-state index contributed by atoms with van der Waals surface area (Å²) >= 11 is 9.35. The largest absolute Gasteiger partial charge is 0.496 e. The molecular formula is C15H14BrClO2. The molecular weight excluding hydrogens is 328 g/mol. The minimum absolute atomic E-state index is 0.527. The van der Waals surface area contributed by atoms with Crippen molar-refractivity contribution in [1.82, 2.24) is 0 Å². The summed E-state index contributed by atoms with van der Waals surface area (Å²) in [4.78, 5) is 0. The van der Waals surface area contributed by atoms with Crippen LogP contribution in [0.1, 0.15) is 17.2 Å². The predicted octanol–water partition coefficient (Wildman–Crippen LogP) is 4.39. The molecule has 4 heteroatoms. The van der Waals surface area contributed by atoms with Crippen molar-refractivity contribution in [2.75, 3.05) is 7.11 Å². The lowest BCUT2D eigenvalue weighted by atomic mass is 10.0. The molecule has 2 aromatic rings. The third kappa shape index (κ3) is 3.72. The summed E-state index contributed by atoms with van der Waals surface area (Å²) in [6.45, 7) is 0. The van der Waals surface area contributed by atoms with Crippen molar-refractivity contribution >= 4 is 27.5 Å². The van der Waals surface area contributed by atoms with Crippen LogP contribution >= 0.6 is 27.5 Å². The molecule has 0 aliphatic rings. The Bertz CT molecular complexity index is 572. The second kappa shape index (κ2) is 6.42. The van der Waals surface area contributed by atoms with Crippen LogP contribution in [0.4, 0.5) is 0 Å². The third-order valence-electron chi connectivity index (χ3n) is 2.88. The van der Waals surface area contributed by atoms with Crippen LogP contribution in [0, 0.1) is 0 Å². The van der Waals surface area contributed by atoms with Crippen LogP contribution in [0.25, 0.3) is 0 Å². The maximum atomic E-state index is 10.2. The zero-order valence-electron chi connectivity index (χ0n) is 10.4. The van der Waals surface area contributed by atoms with Gasteiger partial charge < -0.3 is 9.84 Å². The Morgan fingerprint density at radius 1 is 1.26 bits per heavy atom. The average Bonchev–Trinajstić information content (AvgIpc) is 2.38. The van der Waals surface area contributed by atoms with Crippen molar-refractivity contribution in [3.8, 4) is 5.75 Å². The molecule has 0 spiro atoms. The molecule has 0 heterocycles. The van der Waals surface area contributed by atoms with Crippen LogP contribution in [-0.2, 0) is 6.42 Å². The number of benzene rings is 2. The number of aliphatic hydroxyl groups is 1. The Balaban J connectivity index is 2.15. The fourth-order valence-electron chi connectivity index (χ4n) is 1.89. The molecule has 2 rings (SSSR count). The number of halogens is 2. The van der Waals surface area contributed by atoms with Crippen molar-refractivity contribution in [2.24, 2.45) is 0 Å². The third-order valence-corrected chi connectivity index (χ3v) is 3.73. The summed E-state index contributed by atoms with van der Waals surface area (Å²) in [6.07, 6.45) is -0.0417. The normalized spacial score (nSPS) is 12.2. The van der Waals surface area contributed by atoms with Crippen molar-refractivity contribution in [3.05, 3.63) is 63.1 Å². The molecule has 0 saturated heterocycles. The van der Waals surface area contributed by atoms with Gasteiger partial charge in [0.1, 0.15) is 5.75 Å². The standard InChI is InChI=1S/C15H14BrClO2/c1-19-15-6-5-11(9-13(15)16)14(18)8-10-3-2-4-12(17)7-10/h2-7,9,14,18H,8H2,1H3. The molecule has 0 amide bonds. The SMILES string of the molecule is COc1ccc(C(O)Cc2cccc(Cl)c2)cc1Br. The first kappa shape index (κ1) is 14.4. The molecule has 100 valence electrons. The van der Waals surface area contributed by atoms with Gasteiger partial charge in [0.25, 0.3) is 0 Å². The van der Waals surface area contributed by atoms with Gasteiger partial charge >= 0.3 is 0 Å². The van der Waals surface area contributed by atoms with Gasteiger partial charge in [-0.05, 0) is 51.3 Å². The summed E-state index contributed by atoms with van der Waals surface area (Å²) in [6, 6.07) is 13.1. The highest BCUT2D eigenvalue weighted by Crippen LogP contribution is 2.29. The van der Waals surface area contributed by atoms with E-state index in [1.165, 1.54) is 0 Å². The van der Waals surface area contributed by atoms with Gasteiger partial charge in [-0.2, -0.15) is 0 Å². The van der Waals surface area contributed by atoms with E-state index >= 15 is 0 Å². The van der Waals surface area contributed by atoms with E-state index in [1.54, 1.807) is 7.11 Å². The number of hydrogen-bond donors (Lipinski definition) is 1. The monoisotopic (exact) mass is 340 g/mol. The van der Waals surface area contributed by atoms with Crippen LogP contribution < -0.4 is 4.74 Å². The molecule has 0 aliphatic heterocycles. The van der Waals surface area contributed by atoms with Crippen LogP contribution in [0.2, 0.25) is 5.02 Å². The summed E-state index contributed by atoms with van der Waals surface area (Å²) in [7, 11) is 1.61. The Labute approximate surface area is 126 Å². The van der Waals surface area contributed by atoms with E-state index in [0.717, 1.165) is 21.3 Å². The van der Waals surface area contributed by atoms with Gasteiger partial charge in [-0.1, -0.05) is 29.8 Å². The van der Waals surface area contributed by atoms with Gasteiger partial charge in [0.05, 0.1) is 17.7 Å². The molecule has 1 unspecified atom stereocenters. The molecule has 2 aromatic carbocycles. The number of ether oxygens (including phenoxy) is 1. The second-order valence-corrected chi connectivity index (χ2v) is 5.53. The quantitative estimate of drug-likeness (QED) is 0.894. The Morgan fingerprint density at radius 2 is 2.05 bits per heavy atom. The summed E-state index contributed by atoms with van der Waals surface area (Å²) in [5.41, 5.74) is 1.85.